The molecule has 2 atom stereocenters. The van der Waals surface area contributed by atoms with Gasteiger partial charge in [0.15, 0.2) is 11.5 Å². The molecule has 1 spiro atoms. The summed E-state index contributed by atoms with van der Waals surface area (Å²) in [5.41, 5.74) is 1.65. The number of amides is 4. The minimum atomic E-state index is -1.06. The largest absolute Gasteiger partial charge is 0.454 e. The fraction of sp³-hybridized carbons (Fsp3) is 0.318. The second-order valence-corrected chi connectivity index (χ2v) is 7.79. The van der Waals surface area contributed by atoms with Crippen LogP contribution in [0.2, 0.25) is 0 Å². The predicted molar refractivity (Wildman–Crippen MR) is 106 cm³/mol. The number of hydrogen-bond donors (Lipinski definition) is 2. The average molecular weight is 407 g/mol. The van der Waals surface area contributed by atoms with Gasteiger partial charge in [-0.15, -0.1) is 0 Å². The van der Waals surface area contributed by atoms with Crippen molar-refractivity contribution < 1.29 is 23.9 Å². The predicted octanol–water partition coefficient (Wildman–Crippen LogP) is 1.99. The summed E-state index contributed by atoms with van der Waals surface area (Å²) in [6.45, 7) is 1.68. The number of benzene rings is 2. The first kappa shape index (κ1) is 18.5. The highest BCUT2D eigenvalue weighted by Crippen LogP contribution is 2.41. The van der Waals surface area contributed by atoms with Crippen molar-refractivity contribution >= 4 is 17.8 Å². The molecule has 8 nitrogen and oxygen atoms in total. The zero-order valence-corrected chi connectivity index (χ0v) is 16.4. The molecular formula is C22H21N3O5. The van der Waals surface area contributed by atoms with Crippen molar-refractivity contribution in [3.8, 4) is 11.5 Å². The number of nitrogens with zero attached hydrogens (tertiary/aromatic N) is 1. The van der Waals surface area contributed by atoms with Gasteiger partial charge in [0.2, 0.25) is 12.7 Å². The maximum atomic E-state index is 13.2. The molecule has 0 saturated carbocycles. The Morgan fingerprint density at radius 2 is 2.00 bits per heavy atom. The first-order chi connectivity index (χ1) is 14.5. The molecule has 0 aromatic heterocycles. The Bertz CT molecular complexity index is 1070. The Morgan fingerprint density at radius 1 is 1.20 bits per heavy atom. The summed E-state index contributed by atoms with van der Waals surface area (Å²) < 4.78 is 10.7. The normalized spacial score (nSPS) is 22.2. The van der Waals surface area contributed by atoms with Crippen molar-refractivity contribution in [3.05, 3.63) is 59.2 Å². The molecule has 0 radical (unpaired) electrons. The molecule has 1 fully saturated rings. The van der Waals surface area contributed by atoms with E-state index in [9.17, 15) is 14.4 Å². The maximum Gasteiger partial charge on any atom is 0.325 e. The van der Waals surface area contributed by atoms with Crippen LogP contribution in [0, 0.1) is 0 Å². The quantitative estimate of drug-likeness (QED) is 0.756. The third-order valence-electron chi connectivity index (χ3n) is 6.00. The van der Waals surface area contributed by atoms with E-state index in [0.717, 1.165) is 21.6 Å². The van der Waals surface area contributed by atoms with Crippen molar-refractivity contribution in [3.63, 3.8) is 0 Å². The van der Waals surface area contributed by atoms with Gasteiger partial charge < -0.3 is 20.1 Å². The topological polar surface area (TPSA) is 97.0 Å². The molecular weight excluding hydrogens is 386 g/mol. The third kappa shape index (κ3) is 2.79. The SMILES string of the molecule is C[C@@H](NC(=O)CN1C(=O)N[C@@]2(CCc3ccccc32)C1=O)c1ccc2c(c1)OCO2. The second kappa shape index (κ2) is 6.76. The molecule has 2 aromatic rings. The van der Waals surface area contributed by atoms with Crippen LogP contribution in [0.4, 0.5) is 4.79 Å². The summed E-state index contributed by atoms with van der Waals surface area (Å²) in [5, 5.41) is 5.68. The van der Waals surface area contributed by atoms with Gasteiger partial charge in [-0.3, -0.25) is 14.5 Å². The number of carbonyl (C=O) groups excluding carboxylic acids is 3. The van der Waals surface area contributed by atoms with Crippen LogP contribution in [0.5, 0.6) is 11.5 Å². The Hall–Kier alpha value is -3.55. The van der Waals surface area contributed by atoms with E-state index in [2.05, 4.69) is 10.6 Å². The number of fused-ring (bicyclic) bond motifs is 3. The Labute approximate surface area is 173 Å². The van der Waals surface area contributed by atoms with Gasteiger partial charge in [0, 0.05) is 0 Å². The molecule has 8 heteroatoms. The highest BCUT2D eigenvalue weighted by atomic mass is 16.7. The summed E-state index contributed by atoms with van der Waals surface area (Å²) in [6, 6.07) is 12.2. The van der Waals surface area contributed by atoms with Gasteiger partial charge in [-0.1, -0.05) is 30.3 Å². The lowest BCUT2D eigenvalue weighted by Crippen LogP contribution is -2.44. The third-order valence-corrected chi connectivity index (χ3v) is 6.00. The van der Waals surface area contributed by atoms with Crippen LogP contribution in [-0.2, 0) is 21.5 Å². The molecule has 3 aliphatic rings. The van der Waals surface area contributed by atoms with Crippen molar-refractivity contribution in [2.75, 3.05) is 13.3 Å². The standard InChI is InChI=1S/C22H21N3O5/c1-13(15-6-7-17-18(10-15)30-12-29-17)23-19(26)11-25-20(27)22(24-21(25)28)9-8-14-4-2-3-5-16(14)22/h2-7,10,13H,8-9,11-12H2,1H3,(H,23,26)(H,24,28)/t13-,22-/m1/s1. The number of rotatable bonds is 4. The van der Waals surface area contributed by atoms with E-state index < -0.39 is 17.5 Å². The zero-order chi connectivity index (χ0) is 20.9. The number of aryl methyl sites for hydroxylation is 1. The molecule has 4 amide bonds. The lowest BCUT2D eigenvalue weighted by atomic mass is 9.92. The van der Waals surface area contributed by atoms with Gasteiger partial charge in [0.05, 0.1) is 6.04 Å². The molecule has 2 heterocycles. The summed E-state index contributed by atoms with van der Waals surface area (Å²) in [7, 11) is 0. The van der Waals surface area contributed by atoms with E-state index in [1.165, 1.54) is 0 Å². The zero-order valence-electron chi connectivity index (χ0n) is 16.4. The van der Waals surface area contributed by atoms with Gasteiger partial charge in [0.1, 0.15) is 12.1 Å². The monoisotopic (exact) mass is 407 g/mol. The Kier molecular flexibility index (Phi) is 4.16. The highest BCUT2D eigenvalue weighted by molar-refractivity contribution is 6.09. The molecule has 2 N–H and O–H groups in total. The van der Waals surface area contributed by atoms with Crippen LogP contribution in [-0.4, -0.2) is 36.1 Å². The maximum absolute atomic E-state index is 13.2. The van der Waals surface area contributed by atoms with Gasteiger partial charge in [-0.25, -0.2) is 4.79 Å². The van der Waals surface area contributed by atoms with Crippen molar-refractivity contribution in [1.29, 1.82) is 0 Å². The number of carbonyl (C=O) groups is 3. The molecule has 1 saturated heterocycles. The number of nitrogens with one attached hydrogen (secondary N) is 2. The minimum Gasteiger partial charge on any atom is -0.454 e. The van der Waals surface area contributed by atoms with Crippen LogP contribution in [0.15, 0.2) is 42.5 Å². The van der Waals surface area contributed by atoms with Crippen molar-refractivity contribution in [2.24, 2.45) is 0 Å². The van der Waals surface area contributed by atoms with Gasteiger partial charge in [0.25, 0.3) is 5.91 Å². The fourth-order valence-corrected chi connectivity index (χ4v) is 4.43. The summed E-state index contributed by atoms with van der Waals surface area (Å²) in [6.07, 6.45) is 1.21. The Morgan fingerprint density at radius 3 is 2.87 bits per heavy atom. The van der Waals surface area contributed by atoms with Crippen LogP contribution < -0.4 is 20.1 Å². The Balaban J connectivity index is 1.28. The van der Waals surface area contributed by atoms with Crippen LogP contribution >= 0.6 is 0 Å². The highest BCUT2D eigenvalue weighted by Gasteiger charge is 2.55. The summed E-state index contributed by atoms with van der Waals surface area (Å²) >= 11 is 0. The smallest absolute Gasteiger partial charge is 0.325 e. The van der Waals surface area contributed by atoms with E-state index in [-0.39, 0.29) is 25.3 Å². The van der Waals surface area contributed by atoms with Gasteiger partial charge in [-0.2, -0.15) is 0 Å². The first-order valence-corrected chi connectivity index (χ1v) is 9.89. The molecule has 0 unspecified atom stereocenters. The number of urea groups is 1. The molecule has 154 valence electrons. The first-order valence-electron chi connectivity index (χ1n) is 9.89. The van der Waals surface area contributed by atoms with E-state index >= 15 is 0 Å². The second-order valence-electron chi connectivity index (χ2n) is 7.79. The molecule has 1 aliphatic carbocycles. The number of imide groups is 1. The molecule has 30 heavy (non-hydrogen) atoms. The lowest BCUT2D eigenvalue weighted by Gasteiger charge is -2.22. The van der Waals surface area contributed by atoms with Gasteiger partial charge >= 0.3 is 6.03 Å². The van der Waals surface area contributed by atoms with Crippen LogP contribution in [0.1, 0.15) is 36.1 Å². The van der Waals surface area contributed by atoms with E-state index in [1.807, 2.05) is 43.3 Å². The minimum absolute atomic E-state index is 0.177. The summed E-state index contributed by atoms with van der Waals surface area (Å²) in [4.78, 5) is 39.3. The molecule has 5 rings (SSSR count). The fourth-order valence-electron chi connectivity index (χ4n) is 4.43. The van der Waals surface area contributed by atoms with E-state index in [4.69, 9.17) is 9.47 Å². The average Bonchev–Trinajstić information content (AvgIpc) is 3.41. The van der Waals surface area contributed by atoms with Crippen molar-refractivity contribution in [2.45, 2.75) is 31.3 Å². The molecule has 0 bridgehead atoms. The number of hydrogen-bond acceptors (Lipinski definition) is 5. The van der Waals surface area contributed by atoms with Crippen LogP contribution in [0.3, 0.4) is 0 Å². The van der Waals surface area contributed by atoms with Gasteiger partial charge in [-0.05, 0) is 48.6 Å². The van der Waals surface area contributed by atoms with E-state index in [1.54, 1.807) is 6.07 Å². The molecule has 2 aliphatic heterocycles. The number of ether oxygens (including phenoxy) is 2. The van der Waals surface area contributed by atoms with E-state index in [0.29, 0.717) is 24.3 Å². The molecule has 2 aromatic carbocycles. The summed E-state index contributed by atoms with van der Waals surface area (Å²) in [5.74, 6) is 0.513. The lowest BCUT2D eigenvalue weighted by molar-refractivity contribution is -0.135. The van der Waals surface area contributed by atoms with Crippen LogP contribution in [0.25, 0.3) is 0 Å². The van der Waals surface area contributed by atoms with Crippen molar-refractivity contribution in [1.82, 2.24) is 15.5 Å².